The lowest BCUT2D eigenvalue weighted by Gasteiger charge is -2.11. The highest BCUT2D eigenvalue weighted by molar-refractivity contribution is 7.17. The number of carbonyl (C=O) groups excluding carboxylic acids is 2. The first kappa shape index (κ1) is 20.6. The fourth-order valence-electron chi connectivity index (χ4n) is 3.22. The fraction of sp³-hybridized carbons (Fsp3) is 0.364. The van der Waals surface area contributed by atoms with Crippen molar-refractivity contribution in [3.05, 3.63) is 56.9 Å². The van der Waals surface area contributed by atoms with Gasteiger partial charge in [0.15, 0.2) is 0 Å². The van der Waals surface area contributed by atoms with Crippen LogP contribution in [0.25, 0.3) is 6.08 Å². The van der Waals surface area contributed by atoms with Gasteiger partial charge in [-0.25, -0.2) is 4.79 Å². The maximum Gasteiger partial charge on any atom is 0.341 e. The molecular formula is C22H24ClNO3S. The minimum absolute atomic E-state index is 0.206. The van der Waals surface area contributed by atoms with Crippen LogP contribution in [0.3, 0.4) is 0 Å². The number of carbonyl (C=O) groups is 2. The number of rotatable bonds is 5. The molecule has 0 saturated carbocycles. The number of thiophene rings is 1. The van der Waals surface area contributed by atoms with E-state index in [0.717, 1.165) is 43.2 Å². The molecule has 1 aromatic carbocycles. The van der Waals surface area contributed by atoms with Gasteiger partial charge in [-0.1, -0.05) is 30.2 Å². The number of nitrogens with one attached hydrogen (secondary N) is 1. The molecule has 2 aromatic rings. The monoisotopic (exact) mass is 417 g/mol. The number of esters is 1. The van der Waals surface area contributed by atoms with Crippen LogP contribution in [0.2, 0.25) is 5.02 Å². The summed E-state index contributed by atoms with van der Waals surface area (Å²) >= 11 is 7.38. The molecule has 1 aliphatic rings. The molecule has 0 aliphatic heterocycles. The summed E-state index contributed by atoms with van der Waals surface area (Å²) in [6, 6.07) is 7.22. The Morgan fingerprint density at radius 1 is 1.14 bits per heavy atom. The molecule has 0 spiro atoms. The number of amides is 1. The summed E-state index contributed by atoms with van der Waals surface area (Å²) in [6.07, 6.45) is 8.09. The molecule has 1 N–H and O–H groups in total. The molecule has 0 atom stereocenters. The SMILES string of the molecule is CC(C)OC(=O)c1c(NC(=O)C=Cc2ccc(Cl)cc2)sc2c1CCCCC2. The van der Waals surface area contributed by atoms with Crippen molar-refractivity contribution in [1.82, 2.24) is 0 Å². The molecule has 28 heavy (non-hydrogen) atoms. The number of ether oxygens (including phenoxy) is 1. The van der Waals surface area contributed by atoms with Gasteiger partial charge in [0.05, 0.1) is 11.7 Å². The van der Waals surface area contributed by atoms with Gasteiger partial charge >= 0.3 is 5.97 Å². The van der Waals surface area contributed by atoms with E-state index >= 15 is 0 Å². The van der Waals surface area contributed by atoms with Crippen LogP contribution in [0.5, 0.6) is 0 Å². The quantitative estimate of drug-likeness (QED) is 0.375. The van der Waals surface area contributed by atoms with Crippen molar-refractivity contribution in [2.45, 2.75) is 52.1 Å². The lowest BCUT2D eigenvalue weighted by atomic mass is 10.1. The van der Waals surface area contributed by atoms with Crippen LogP contribution in [-0.2, 0) is 22.4 Å². The Balaban J connectivity index is 1.82. The Morgan fingerprint density at radius 2 is 1.86 bits per heavy atom. The summed E-state index contributed by atoms with van der Waals surface area (Å²) in [6.45, 7) is 3.66. The minimum atomic E-state index is -0.355. The van der Waals surface area contributed by atoms with E-state index < -0.39 is 0 Å². The first-order chi connectivity index (χ1) is 13.4. The third-order valence-electron chi connectivity index (χ3n) is 4.50. The van der Waals surface area contributed by atoms with Gasteiger partial charge in [-0.3, -0.25) is 4.79 Å². The van der Waals surface area contributed by atoms with Gasteiger partial charge in [0, 0.05) is 16.0 Å². The van der Waals surface area contributed by atoms with Gasteiger partial charge in [-0.15, -0.1) is 11.3 Å². The molecule has 3 rings (SSSR count). The van der Waals surface area contributed by atoms with Crippen molar-refractivity contribution in [3.63, 3.8) is 0 Å². The fourth-order valence-corrected chi connectivity index (χ4v) is 4.63. The van der Waals surface area contributed by atoms with Crippen molar-refractivity contribution >= 4 is 45.9 Å². The zero-order chi connectivity index (χ0) is 20.1. The summed E-state index contributed by atoms with van der Waals surface area (Å²) < 4.78 is 5.45. The van der Waals surface area contributed by atoms with Gasteiger partial charge < -0.3 is 10.1 Å². The van der Waals surface area contributed by atoms with Crippen molar-refractivity contribution in [3.8, 4) is 0 Å². The molecule has 1 aromatic heterocycles. The molecule has 1 amide bonds. The molecule has 0 saturated heterocycles. The van der Waals surface area contributed by atoms with E-state index in [2.05, 4.69) is 5.32 Å². The summed E-state index contributed by atoms with van der Waals surface area (Å²) in [5.41, 5.74) is 2.45. The van der Waals surface area contributed by atoms with Crippen molar-refractivity contribution in [2.24, 2.45) is 0 Å². The van der Waals surface area contributed by atoms with Gasteiger partial charge in [0.25, 0.3) is 0 Å². The molecule has 0 radical (unpaired) electrons. The van der Waals surface area contributed by atoms with E-state index in [-0.39, 0.29) is 18.0 Å². The third-order valence-corrected chi connectivity index (χ3v) is 5.96. The predicted molar refractivity (Wildman–Crippen MR) is 115 cm³/mol. The molecule has 148 valence electrons. The van der Waals surface area contributed by atoms with E-state index in [1.165, 1.54) is 22.3 Å². The molecule has 4 nitrogen and oxygen atoms in total. The van der Waals surface area contributed by atoms with Crippen LogP contribution in [0, 0.1) is 0 Å². The van der Waals surface area contributed by atoms with E-state index in [0.29, 0.717) is 15.6 Å². The summed E-state index contributed by atoms with van der Waals surface area (Å²) in [4.78, 5) is 26.4. The van der Waals surface area contributed by atoms with Gasteiger partial charge in [0.1, 0.15) is 5.00 Å². The van der Waals surface area contributed by atoms with Crippen molar-refractivity contribution in [2.75, 3.05) is 5.32 Å². The van der Waals surface area contributed by atoms with Crippen LogP contribution >= 0.6 is 22.9 Å². The van der Waals surface area contributed by atoms with Crippen LogP contribution in [0.15, 0.2) is 30.3 Å². The molecule has 6 heteroatoms. The van der Waals surface area contributed by atoms with Gasteiger partial charge in [-0.2, -0.15) is 0 Å². The van der Waals surface area contributed by atoms with E-state index in [1.807, 2.05) is 26.0 Å². The molecular weight excluding hydrogens is 394 g/mol. The maximum absolute atomic E-state index is 12.7. The van der Waals surface area contributed by atoms with Crippen LogP contribution in [-0.4, -0.2) is 18.0 Å². The first-order valence-electron chi connectivity index (χ1n) is 9.54. The Hall–Kier alpha value is -2.11. The summed E-state index contributed by atoms with van der Waals surface area (Å²) in [5, 5.41) is 4.12. The first-order valence-corrected chi connectivity index (χ1v) is 10.7. The van der Waals surface area contributed by atoms with E-state index in [4.69, 9.17) is 16.3 Å². The molecule has 0 unspecified atom stereocenters. The van der Waals surface area contributed by atoms with Crippen molar-refractivity contribution < 1.29 is 14.3 Å². The van der Waals surface area contributed by atoms with Crippen molar-refractivity contribution in [1.29, 1.82) is 0 Å². The highest BCUT2D eigenvalue weighted by Gasteiger charge is 2.26. The van der Waals surface area contributed by atoms with Crippen LogP contribution in [0.4, 0.5) is 5.00 Å². The highest BCUT2D eigenvalue weighted by atomic mass is 35.5. The lowest BCUT2D eigenvalue weighted by Crippen LogP contribution is -2.16. The lowest BCUT2D eigenvalue weighted by molar-refractivity contribution is -0.111. The zero-order valence-corrected chi connectivity index (χ0v) is 17.7. The number of halogens is 1. The second-order valence-corrected chi connectivity index (χ2v) is 8.64. The predicted octanol–water partition coefficient (Wildman–Crippen LogP) is 5.89. The number of fused-ring (bicyclic) bond motifs is 1. The van der Waals surface area contributed by atoms with Gasteiger partial charge in [0.2, 0.25) is 5.91 Å². The largest absolute Gasteiger partial charge is 0.459 e. The smallest absolute Gasteiger partial charge is 0.341 e. The van der Waals surface area contributed by atoms with Gasteiger partial charge in [-0.05, 0) is 68.9 Å². The minimum Gasteiger partial charge on any atom is -0.459 e. The Kier molecular flexibility index (Phi) is 6.92. The standard InChI is InChI=1S/C22H24ClNO3S/c1-14(2)27-22(26)20-17-6-4-3-5-7-18(17)28-21(20)24-19(25)13-10-15-8-11-16(23)12-9-15/h8-14H,3-7H2,1-2H3,(H,24,25). The Bertz CT molecular complexity index is 884. The molecule has 0 bridgehead atoms. The highest BCUT2D eigenvalue weighted by Crippen LogP contribution is 2.38. The average molecular weight is 418 g/mol. The number of hydrogen-bond acceptors (Lipinski definition) is 4. The normalized spacial score (nSPS) is 14.0. The number of anilines is 1. The Labute approximate surface area is 174 Å². The topological polar surface area (TPSA) is 55.4 Å². The van der Waals surface area contributed by atoms with Crippen LogP contribution < -0.4 is 5.32 Å². The summed E-state index contributed by atoms with van der Waals surface area (Å²) in [5.74, 6) is -0.628. The third kappa shape index (κ3) is 5.24. The number of aryl methyl sites for hydroxylation is 1. The number of hydrogen-bond donors (Lipinski definition) is 1. The van der Waals surface area contributed by atoms with Crippen LogP contribution in [0.1, 0.15) is 59.5 Å². The molecule has 1 heterocycles. The Morgan fingerprint density at radius 3 is 2.57 bits per heavy atom. The summed E-state index contributed by atoms with van der Waals surface area (Å²) in [7, 11) is 0. The second kappa shape index (κ2) is 9.39. The average Bonchev–Trinajstić information content (AvgIpc) is 2.81. The second-order valence-electron chi connectivity index (χ2n) is 7.10. The van der Waals surface area contributed by atoms with E-state index in [9.17, 15) is 9.59 Å². The maximum atomic E-state index is 12.7. The molecule has 1 aliphatic carbocycles. The molecule has 0 fully saturated rings. The zero-order valence-electron chi connectivity index (χ0n) is 16.1. The number of benzene rings is 1. The van der Waals surface area contributed by atoms with E-state index in [1.54, 1.807) is 18.2 Å².